The fourth-order valence-corrected chi connectivity index (χ4v) is 1.67. The van der Waals surface area contributed by atoms with E-state index in [4.69, 9.17) is 5.26 Å². The number of benzene rings is 1. The Kier molecular flexibility index (Phi) is 5.71. The lowest BCUT2D eigenvalue weighted by molar-refractivity contribution is 0.261. The molecule has 0 saturated heterocycles. The molecule has 0 heterocycles. The van der Waals surface area contributed by atoms with Crippen LogP contribution < -0.4 is 5.32 Å². The van der Waals surface area contributed by atoms with Gasteiger partial charge in [-0.25, -0.2) is 8.78 Å². The zero-order chi connectivity index (χ0) is 14.4. The highest BCUT2D eigenvalue weighted by molar-refractivity contribution is 5.49. The first-order valence-electron chi connectivity index (χ1n) is 6.33. The van der Waals surface area contributed by atoms with Crippen molar-refractivity contribution >= 4 is 5.69 Å². The van der Waals surface area contributed by atoms with Crippen molar-refractivity contribution in [2.24, 2.45) is 0 Å². The normalized spacial score (nSPS) is 12.3. The van der Waals surface area contributed by atoms with E-state index in [1.54, 1.807) is 6.07 Å². The van der Waals surface area contributed by atoms with Crippen molar-refractivity contribution in [3.63, 3.8) is 0 Å². The van der Waals surface area contributed by atoms with E-state index in [-0.39, 0.29) is 11.3 Å². The third-order valence-corrected chi connectivity index (χ3v) is 3.33. The number of rotatable bonds is 6. The van der Waals surface area contributed by atoms with Gasteiger partial charge in [-0.15, -0.1) is 0 Å². The van der Waals surface area contributed by atoms with E-state index in [0.717, 1.165) is 13.0 Å². The van der Waals surface area contributed by atoms with Crippen LogP contribution >= 0.6 is 0 Å². The van der Waals surface area contributed by atoms with E-state index in [9.17, 15) is 8.78 Å². The molecule has 0 aromatic heterocycles. The van der Waals surface area contributed by atoms with Gasteiger partial charge in [0.15, 0.2) is 11.6 Å². The predicted molar refractivity (Wildman–Crippen MR) is 71.9 cm³/mol. The molecule has 0 aliphatic heterocycles. The molecular weight excluding hydrogens is 248 g/mol. The number of nitrogens with zero attached hydrogens (tertiary/aromatic N) is 2. The Labute approximate surface area is 112 Å². The molecule has 0 amide bonds. The summed E-state index contributed by atoms with van der Waals surface area (Å²) in [5, 5.41) is 11.4. The number of anilines is 1. The lowest BCUT2D eigenvalue weighted by Crippen LogP contribution is -2.32. The molecule has 0 fully saturated rings. The zero-order valence-corrected chi connectivity index (χ0v) is 11.5. The van der Waals surface area contributed by atoms with Crippen molar-refractivity contribution in [2.75, 3.05) is 25.5 Å². The minimum absolute atomic E-state index is 0.0917. The average molecular weight is 267 g/mol. The summed E-state index contributed by atoms with van der Waals surface area (Å²) in [7, 11) is 1.99. The number of likely N-dealkylation sites (N-methyl/N-ethyl adjacent to an activating group) is 1. The summed E-state index contributed by atoms with van der Waals surface area (Å²) in [5.41, 5.74) is -0.186. The van der Waals surface area contributed by atoms with Crippen LogP contribution in [-0.4, -0.2) is 31.1 Å². The number of nitriles is 1. The lowest BCUT2D eigenvalue weighted by atomic mass is 10.2. The smallest absolute Gasteiger partial charge is 0.183 e. The first-order chi connectivity index (χ1) is 9.01. The minimum atomic E-state index is -1.09. The van der Waals surface area contributed by atoms with Crippen molar-refractivity contribution in [1.29, 1.82) is 5.26 Å². The summed E-state index contributed by atoms with van der Waals surface area (Å²) < 4.78 is 27.0. The Bertz CT molecular complexity index is 468. The highest BCUT2D eigenvalue weighted by Gasteiger charge is 2.13. The summed E-state index contributed by atoms with van der Waals surface area (Å²) >= 11 is 0. The monoisotopic (exact) mass is 267 g/mol. The van der Waals surface area contributed by atoms with Gasteiger partial charge in [0.1, 0.15) is 6.07 Å². The molecule has 0 bridgehead atoms. The standard InChI is InChI=1S/C14H19F2N3/c1-4-10(2)19(3)8-7-18-12-6-5-11(9-17)13(15)14(12)16/h5-6,10,18H,4,7-8H2,1-3H3. The van der Waals surface area contributed by atoms with Gasteiger partial charge >= 0.3 is 0 Å². The van der Waals surface area contributed by atoms with E-state index < -0.39 is 11.6 Å². The van der Waals surface area contributed by atoms with Gasteiger partial charge in [-0.2, -0.15) is 5.26 Å². The van der Waals surface area contributed by atoms with Crippen LogP contribution in [0.3, 0.4) is 0 Å². The summed E-state index contributed by atoms with van der Waals surface area (Å²) in [6, 6.07) is 4.72. The number of hydrogen-bond acceptors (Lipinski definition) is 3. The molecule has 1 unspecified atom stereocenters. The molecule has 1 aromatic rings. The first kappa shape index (κ1) is 15.4. The molecule has 1 N–H and O–H groups in total. The highest BCUT2D eigenvalue weighted by atomic mass is 19.2. The number of nitrogens with one attached hydrogen (secondary N) is 1. The quantitative estimate of drug-likeness (QED) is 0.861. The molecular formula is C14H19F2N3. The van der Waals surface area contributed by atoms with E-state index in [2.05, 4.69) is 24.1 Å². The molecule has 5 heteroatoms. The van der Waals surface area contributed by atoms with Crippen LogP contribution in [0.25, 0.3) is 0 Å². The van der Waals surface area contributed by atoms with Crippen molar-refractivity contribution in [3.05, 3.63) is 29.3 Å². The second-order valence-corrected chi connectivity index (χ2v) is 4.57. The Morgan fingerprint density at radius 2 is 2.05 bits per heavy atom. The molecule has 1 atom stereocenters. The van der Waals surface area contributed by atoms with Gasteiger partial charge in [0.2, 0.25) is 0 Å². The maximum atomic E-state index is 13.6. The van der Waals surface area contributed by atoms with Crippen LogP contribution in [0, 0.1) is 23.0 Å². The SMILES string of the molecule is CCC(C)N(C)CCNc1ccc(C#N)c(F)c1F. The third kappa shape index (κ3) is 3.90. The molecule has 104 valence electrons. The summed E-state index contributed by atoms with van der Waals surface area (Å²) in [6.45, 7) is 5.46. The van der Waals surface area contributed by atoms with Gasteiger partial charge in [0.25, 0.3) is 0 Å². The molecule has 0 aliphatic rings. The topological polar surface area (TPSA) is 39.1 Å². The molecule has 0 spiro atoms. The van der Waals surface area contributed by atoms with Crippen molar-refractivity contribution in [1.82, 2.24) is 4.90 Å². The Balaban J connectivity index is 2.60. The van der Waals surface area contributed by atoms with Gasteiger partial charge in [0.05, 0.1) is 11.3 Å². The minimum Gasteiger partial charge on any atom is -0.381 e. The molecule has 19 heavy (non-hydrogen) atoms. The maximum Gasteiger partial charge on any atom is 0.183 e. The van der Waals surface area contributed by atoms with E-state index >= 15 is 0 Å². The molecule has 3 nitrogen and oxygen atoms in total. The van der Waals surface area contributed by atoms with Crippen LogP contribution in [0.5, 0.6) is 0 Å². The Hall–Kier alpha value is -1.67. The van der Waals surface area contributed by atoms with Crippen molar-refractivity contribution < 1.29 is 8.78 Å². The summed E-state index contributed by atoms with van der Waals surface area (Å²) in [5.74, 6) is -2.09. The van der Waals surface area contributed by atoms with Crippen LogP contribution in [0.2, 0.25) is 0 Å². The van der Waals surface area contributed by atoms with Gasteiger partial charge in [-0.05, 0) is 32.5 Å². The van der Waals surface area contributed by atoms with Gasteiger partial charge < -0.3 is 10.2 Å². The molecule has 1 aromatic carbocycles. The second kappa shape index (κ2) is 7.05. The van der Waals surface area contributed by atoms with Gasteiger partial charge in [0, 0.05) is 19.1 Å². The molecule has 0 radical (unpaired) electrons. The van der Waals surface area contributed by atoms with Gasteiger partial charge in [-0.3, -0.25) is 0 Å². The van der Waals surface area contributed by atoms with E-state index in [1.165, 1.54) is 12.1 Å². The summed E-state index contributed by atoms with van der Waals surface area (Å²) in [4.78, 5) is 2.14. The largest absolute Gasteiger partial charge is 0.381 e. The zero-order valence-electron chi connectivity index (χ0n) is 11.5. The van der Waals surface area contributed by atoms with Gasteiger partial charge in [-0.1, -0.05) is 6.92 Å². The maximum absolute atomic E-state index is 13.6. The van der Waals surface area contributed by atoms with Crippen LogP contribution in [-0.2, 0) is 0 Å². The van der Waals surface area contributed by atoms with E-state index in [0.29, 0.717) is 12.6 Å². The lowest BCUT2D eigenvalue weighted by Gasteiger charge is -2.23. The van der Waals surface area contributed by atoms with E-state index in [1.807, 2.05) is 7.05 Å². The van der Waals surface area contributed by atoms with Crippen LogP contribution in [0.1, 0.15) is 25.8 Å². The molecule has 0 saturated carbocycles. The third-order valence-electron chi connectivity index (χ3n) is 3.33. The highest BCUT2D eigenvalue weighted by Crippen LogP contribution is 2.19. The number of hydrogen-bond donors (Lipinski definition) is 1. The van der Waals surface area contributed by atoms with Crippen LogP contribution in [0.15, 0.2) is 12.1 Å². The average Bonchev–Trinajstić information content (AvgIpc) is 2.42. The van der Waals surface area contributed by atoms with Crippen LogP contribution in [0.4, 0.5) is 14.5 Å². The van der Waals surface area contributed by atoms with Crippen molar-refractivity contribution in [2.45, 2.75) is 26.3 Å². The fourth-order valence-electron chi connectivity index (χ4n) is 1.67. The Morgan fingerprint density at radius 3 is 2.63 bits per heavy atom. The summed E-state index contributed by atoms with van der Waals surface area (Å²) in [6.07, 6.45) is 1.04. The second-order valence-electron chi connectivity index (χ2n) is 4.57. The Morgan fingerprint density at radius 1 is 1.37 bits per heavy atom. The predicted octanol–water partition coefficient (Wildman–Crippen LogP) is 2.98. The fraction of sp³-hybridized carbons (Fsp3) is 0.500. The molecule has 1 rings (SSSR count). The molecule has 0 aliphatic carbocycles. The van der Waals surface area contributed by atoms with Crippen molar-refractivity contribution in [3.8, 4) is 6.07 Å². The number of halogens is 2. The first-order valence-corrected chi connectivity index (χ1v) is 6.33.